The Bertz CT molecular complexity index is 664. The highest BCUT2D eigenvalue weighted by Gasteiger charge is 2.19. The van der Waals surface area contributed by atoms with Crippen LogP contribution in [0.2, 0.25) is 5.02 Å². The Kier molecular flexibility index (Phi) is 5.30. The van der Waals surface area contributed by atoms with Gasteiger partial charge in [0.15, 0.2) is 0 Å². The van der Waals surface area contributed by atoms with Crippen LogP contribution in [0.1, 0.15) is 17.2 Å². The molecule has 21 heavy (non-hydrogen) atoms. The van der Waals surface area contributed by atoms with E-state index in [2.05, 4.69) is 21.2 Å². The molecule has 6 heteroatoms. The van der Waals surface area contributed by atoms with Crippen LogP contribution in [0.15, 0.2) is 34.8 Å². The minimum absolute atomic E-state index is 0.149. The van der Waals surface area contributed by atoms with Crippen molar-refractivity contribution in [2.24, 2.45) is 0 Å². The molecule has 1 atom stereocenters. The van der Waals surface area contributed by atoms with Crippen LogP contribution in [0.25, 0.3) is 0 Å². The molecule has 2 aromatic carbocycles. The quantitative estimate of drug-likeness (QED) is 0.736. The normalized spacial score (nSPS) is 12.5. The summed E-state index contributed by atoms with van der Waals surface area (Å²) in [5.74, 6) is -1.69. The molecule has 0 fully saturated rings. The third-order valence-corrected chi connectivity index (χ3v) is 4.40. The summed E-state index contributed by atoms with van der Waals surface area (Å²) in [4.78, 5) is 0. The highest BCUT2D eigenvalue weighted by atomic mass is 79.9. The van der Waals surface area contributed by atoms with E-state index in [0.29, 0.717) is 16.5 Å². The van der Waals surface area contributed by atoms with Crippen molar-refractivity contribution < 1.29 is 13.2 Å². The van der Waals surface area contributed by atoms with E-state index in [-0.39, 0.29) is 10.6 Å². The van der Waals surface area contributed by atoms with E-state index in [0.717, 1.165) is 12.1 Å². The van der Waals surface area contributed by atoms with Crippen molar-refractivity contribution in [1.29, 1.82) is 0 Å². The lowest BCUT2D eigenvalue weighted by Gasteiger charge is -2.19. The smallest absolute Gasteiger partial charge is 0.142 e. The number of benzene rings is 2. The van der Waals surface area contributed by atoms with Gasteiger partial charge in [0.1, 0.15) is 17.5 Å². The van der Waals surface area contributed by atoms with Crippen LogP contribution in [0.5, 0.6) is 0 Å². The maximum absolute atomic E-state index is 14.0. The fourth-order valence-corrected chi connectivity index (χ4v) is 2.68. The van der Waals surface area contributed by atoms with E-state index in [4.69, 9.17) is 11.6 Å². The zero-order chi connectivity index (χ0) is 15.6. The zero-order valence-corrected chi connectivity index (χ0v) is 13.4. The maximum Gasteiger partial charge on any atom is 0.142 e. The Morgan fingerprint density at radius 3 is 2.52 bits per heavy atom. The topological polar surface area (TPSA) is 12.0 Å². The van der Waals surface area contributed by atoms with Crippen LogP contribution in [-0.2, 0) is 6.42 Å². The van der Waals surface area contributed by atoms with Crippen molar-refractivity contribution in [2.45, 2.75) is 12.5 Å². The first-order chi connectivity index (χ1) is 9.93. The number of hydrogen-bond acceptors (Lipinski definition) is 1. The van der Waals surface area contributed by atoms with E-state index in [9.17, 15) is 13.2 Å². The molecule has 0 radical (unpaired) electrons. The van der Waals surface area contributed by atoms with Crippen LogP contribution in [0, 0.1) is 17.5 Å². The van der Waals surface area contributed by atoms with Gasteiger partial charge < -0.3 is 5.32 Å². The Balaban J connectivity index is 2.37. The first kappa shape index (κ1) is 16.3. The van der Waals surface area contributed by atoms with Gasteiger partial charge in [-0.05, 0) is 53.2 Å². The minimum atomic E-state index is -0.688. The summed E-state index contributed by atoms with van der Waals surface area (Å²) < 4.78 is 41.3. The average molecular weight is 379 g/mol. The molecule has 0 aliphatic heterocycles. The van der Waals surface area contributed by atoms with Crippen molar-refractivity contribution in [3.8, 4) is 0 Å². The molecule has 0 bridgehead atoms. The molecule has 1 N–H and O–H groups in total. The molecule has 2 rings (SSSR count). The Labute approximate surface area is 134 Å². The van der Waals surface area contributed by atoms with E-state index >= 15 is 0 Å². The van der Waals surface area contributed by atoms with Crippen LogP contribution in [0.3, 0.4) is 0 Å². The van der Waals surface area contributed by atoms with Crippen molar-refractivity contribution in [1.82, 2.24) is 5.32 Å². The molecule has 2 aromatic rings. The minimum Gasteiger partial charge on any atom is -0.313 e. The number of likely N-dealkylation sites (N-methyl/N-ethyl adjacent to an activating group) is 1. The van der Waals surface area contributed by atoms with Gasteiger partial charge in [-0.1, -0.05) is 23.7 Å². The maximum atomic E-state index is 14.0. The molecule has 0 spiro atoms. The molecule has 112 valence electrons. The third-order valence-electron chi connectivity index (χ3n) is 3.22. The Morgan fingerprint density at radius 2 is 1.86 bits per heavy atom. The van der Waals surface area contributed by atoms with Crippen LogP contribution in [-0.4, -0.2) is 7.05 Å². The SMILES string of the molecule is CNC(Cc1cccc(F)c1Br)c1cc(F)c(Cl)cc1F. The fraction of sp³-hybridized carbons (Fsp3) is 0.200. The lowest BCUT2D eigenvalue weighted by atomic mass is 9.98. The number of hydrogen-bond donors (Lipinski definition) is 1. The van der Waals surface area contributed by atoms with E-state index < -0.39 is 23.5 Å². The summed E-state index contributed by atoms with van der Waals surface area (Å²) in [6.45, 7) is 0. The molecule has 0 heterocycles. The van der Waals surface area contributed by atoms with Gasteiger partial charge in [-0.3, -0.25) is 0 Å². The lowest BCUT2D eigenvalue weighted by Crippen LogP contribution is -2.20. The highest BCUT2D eigenvalue weighted by molar-refractivity contribution is 9.10. The molecule has 0 saturated carbocycles. The van der Waals surface area contributed by atoms with Gasteiger partial charge in [0.2, 0.25) is 0 Å². The van der Waals surface area contributed by atoms with Gasteiger partial charge in [0.05, 0.1) is 9.50 Å². The molecule has 0 amide bonds. The molecule has 0 aliphatic rings. The van der Waals surface area contributed by atoms with Gasteiger partial charge in [-0.15, -0.1) is 0 Å². The largest absolute Gasteiger partial charge is 0.313 e. The molecule has 1 nitrogen and oxygen atoms in total. The second kappa shape index (κ2) is 6.81. The van der Waals surface area contributed by atoms with Crippen LogP contribution < -0.4 is 5.32 Å². The zero-order valence-electron chi connectivity index (χ0n) is 11.1. The molecule has 0 aliphatic carbocycles. The first-order valence-corrected chi connectivity index (χ1v) is 7.35. The first-order valence-electron chi connectivity index (χ1n) is 6.18. The Hall–Kier alpha value is -1.04. The fourth-order valence-electron chi connectivity index (χ4n) is 2.10. The predicted molar refractivity (Wildman–Crippen MR) is 81.0 cm³/mol. The van der Waals surface area contributed by atoms with Crippen molar-refractivity contribution in [3.63, 3.8) is 0 Å². The van der Waals surface area contributed by atoms with Crippen molar-refractivity contribution in [2.75, 3.05) is 7.05 Å². The summed E-state index contributed by atoms with van der Waals surface area (Å²) in [6, 6.07) is 6.12. The van der Waals surface area contributed by atoms with E-state index in [1.807, 2.05) is 0 Å². The third kappa shape index (κ3) is 3.59. The average Bonchev–Trinajstić information content (AvgIpc) is 2.45. The lowest BCUT2D eigenvalue weighted by molar-refractivity contribution is 0.521. The number of nitrogens with one attached hydrogen (secondary N) is 1. The summed E-state index contributed by atoms with van der Waals surface area (Å²) >= 11 is 8.71. The standard InChI is InChI=1S/C15H12BrClF3N/c1-21-14(5-8-3-2-4-11(18)15(8)16)9-6-13(20)10(17)7-12(9)19/h2-4,6-7,14,21H,5H2,1H3. The molecular formula is C15H12BrClF3N. The van der Waals surface area contributed by atoms with Crippen molar-refractivity contribution >= 4 is 27.5 Å². The predicted octanol–water partition coefficient (Wildman–Crippen LogP) is 5.02. The van der Waals surface area contributed by atoms with E-state index in [1.54, 1.807) is 19.2 Å². The summed E-state index contributed by atoms with van der Waals surface area (Å²) in [6.07, 6.45) is 0.298. The van der Waals surface area contributed by atoms with Gasteiger partial charge in [-0.2, -0.15) is 0 Å². The molecule has 0 saturated heterocycles. The summed E-state index contributed by atoms with van der Waals surface area (Å²) in [5.41, 5.74) is 0.805. The second-order valence-corrected chi connectivity index (χ2v) is 5.75. The molecule has 1 unspecified atom stereocenters. The monoisotopic (exact) mass is 377 g/mol. The van der Waals surface area contributed by atoms with Crippen molar-refractivity contribution in [3.05, 3.63) is 68.4 Å². The van der Waals surface area contributed by atoms with Gasteiger partial charge >= 0.3 is 0 Å². The molecular weight excluding hydrogens is 367 g/mol. The highest BCUT2D eigenvalue weighted by Crippen LogP contribution is 2.29. The van der Waals surface area contributed by atoms with E-state index in [1.165, 1.54) is 6.07 Å². The number of halogens is 5. The second-order valence-electron chi connectivity index (χ2n) is 4.55. The Morgan fingerprint density at radius 1 is 1.14 bits per heavy atom. The molecule has 0 aromatic heterocycles. The van der Waals surface area contributed by atoms with Crippen LogP contribution >= 0.6 is 27.5 Å². The summed E-state index contributed by atoms with van der Waals surface area (Å²) in [7, 11) is 1.63. The number of rotatable bonds is 4. The van der Waals surface area contributed by atoms with Gasteiger partial charge in [-0.25, -0.2) is 13.2 Å². The van der Waals surface area contributed by atoms with Gasteiger partial charge in [0.25, 0.3) is 0 Å². The van der Waals surface area contributed by atoms with Crippen LogP contribution in [0.4, 0.5) is 13.2 Å². The summed E-state index contributed by atoms with van der Waals surface area (Å²) in [5, 5.41) is 2.64. The van der Waals surface area contributed by atoms with Gasteiger partial charge in [0, 0.05) is 11.6 Å².